The Labute approximate surface area is 131 Å². The number of rotatable bonds is 3. The molecule has 1 fully saturated rings. The fourth-order valence-electron chi connectivity index (χ4n) is 2.70. The molecular weight excluding hydrogens is 295 g/mol. The van der Waals surface area contributed by atoms with Crippen molar-refractivity contribution in [1.82, 2.24) is 4.90 Å². The van der Waals surface area contributed by atoms with Crippen molar-refractivity contribution in [3.8, 4) is 0 Å². The van der Waals surface area contributed by atoms with Gasteiger partial charge < -0.3 is 10.6 Å². The summed E-state index contributed by atoms with van der Waals surface area (Å²) in [6, 6.07) is 7.73. The lowest BCUT2D eigenvalue weighted by atomic mass is 9.95. The number of carbonyl (C=O) groups is 1. The van der Waals surface area contributed by atoms with E-state index >= 15 is 0 Å². The van der Waals surface area contributed by atoms with Gasteiger partial charge in [-0.2, -0.15) is 0 Å². The second-order valence-corrected chi connectivity index (χ2v) is 5.63. The lowest BCUT2D eigenvalue weighted by Crippen LogP contribution is -2.48. The maximum Gasteiger partial charge on any atom is 0.230 e. The summed E-state index contributed by atoms with van der Waals surface area (Å²) < 4.78 is 0. The number of nitrogens with two attached hydrogens (primary N) is 1. The monoisotopic (exact) mass is 316 g/mol. The van der Waals surface area contributed by atoms with Crippen LogP contribution in [0.4, 0.5) is 0 Å². The fraction of sp³-hybridized carbons (Fsp3) is 0.533. The lowest BCUT2D eigenvalue weighted by Gasteiger charge is -2.36. The minimum absolute atomic E-state index is 0. The molecule has 0 aromatic heterocycles. The number of amides is 1. The maximum atomic E-state index is 12.6. The summed E-state index contributed by atoms with van der Waals surface area (Å²) >= 11 is 5.99. The molecule has 5 heteroatoms. The highest BCUT2D eigenvalue weighted by molar-refractivity contribution is 6.30. The van der Waals surface area contributed by atoms with Crippen LogP contribution in [0, 0.1) is 0 Å². The van der Waals surface area contributed by atoms with Gasteiger partial charge in [-0.05, 0) is 43.9 Å². The van der Waals surface area contributed by atoms with Crippen LogP contribution < -0.4 is 5.73 Å². The van der Waals surface area contributed by atoms with Gasteiger partial charge in [-0.3, -0.25) is 4.79 Å². The molecule has 0 aliphatic carbocycles. The predicted octanol–water partition coefficient (Wildman–Crippen LogP) is 3.21. The summed E-state index contributed by atoms with van der Waals surface area (Å²) in [6.45, 7) is 3.32. The molecule has 20 heavy (non-hydrogen) atoms. The molecule has 2 atom stereocenters. The molecule has 0 spiro atoms. The normalized spacial score (nSPS) is 20.1. The van der Waals surface area contributed by atoms with Crippen LogP contribution in [0.15, 0.2) is 24.3 Å². The first kappa shape index (κ1) is 17.3. The van der Waals surface area contributed by atoms with Gasteiger partial charge in [0.05, 0.1) is 5.92 Å². The van der Waals surface area contributed by atoms with E-state index in [1.54, 1.807) is 0 Å². The van der Waals surface area contributed by atoms with E-state index in [0.29, 0.717) is 11.6 Å². The second kappa shape index (κ2) is 7.87. The first-order valence-corrected chi connectivity index (χ1v) is 7.27. The molecule has 0 radical (unpaired) electrons. The Morgan fingerprint density at radius 1 is 1.50 bits per heavy atom. The fourth-order valence-corrected chi connectivity index (χ4v) is 2.90. The zero-order valence-corrected chi connectivity index (χ0v) is 13.3. The highest BCUT2D eigenvalue weighted by Gasteiger charge is 2.29. The van der Waals surface area contributed by atoms with Crippen LogP contribution in [-0.2, 0) is 4.79 Å². The molecule has 2 N–H and O–H groups in total. The van der Waals surface area contributed by atoms with Gasteiger partial charge in [-0.1, -0.05) is 23.7 Å². The topological polar surface area (TPSA) is 46.3 Å². The van der Waals surface area contributed by atoms with E-state index in [9.17, 15) is 4.79 Å². The SMILES string of the molecule is CC(C(=O)N1CCCCC1CN)c1cccc(Cl)c1.Cl. The minimum atomic E-state index is -0.161. The van der Waals surface area contributed by atoms with E-state index in [0.717, 1.165) is 31.4 Å². The third kappa shape index (κ3) is 3.87. The lowest BCUT2D eigenvalue weighted by molar-refractivity contribution is -0.135. The Balaban J connectivity index is 0.00000200. The maximum absolute atomic E-state index is 12.6. The molecule has 1 amide bonds. The van der Waals surface area contributed by atoms with Crippen LogP contribution >= 0.6 is 24.0 Å². The summed E-state index contributed by atoms with van der Waals surface area (Å²) in [5, 5.41) is 0.672. The molecule has 1 aromatic carbocycles. The predicted molar refractivity (Wildman–Crippen MR) is 85.5 cm³/mol. The standard InChI is InChI=1S/C15H21ClN2O.ClH/c1-11(12-5-4-6-13(16)9-12)15(19)18-8-3-2-7-14(18)10-17;/h4-6,9,11,14H,2-3,7-8,10,17H2,1H3;1H. The van der Waals surface area contributed by atoms with Gasteiger partial charge in [0.1, 0.15) is 0 Å². The van der Waals surface area contributed by atoms with Gasteiger partial charge >= 0.3 is 0 Å². The van der Waals surface area contributed by atoms with Crippen LogP contribution in [0.5, 0.6) is 0 Å². The summed E-state index contributed by atoms with van der Waals surface area (Å²) in [6.07, 6.45) is 3.26. The quantitative estimate of drug-likeness (QED) is 0.930. The van der Waals surface area contributed by atoms with Gasteiger partial charge in [0, 0.05) is 24.2 Å². The Morgan fingerprint density at radius 2 is 2.25 bits per heavy atom. The number of hydrogen-bond acceptors (Lipinski definition) is 2. The summed E-state index contributed by atoms with van der Waals surface area (Å²) in [4.78, 5) is 14.6. The molecular formula is C15H22Cl2N2O. The third-order valence-corrected chi connectivity index (χ3v) is 4.14. The zero-order valence-electron chi connectivity index (χ0n) is 11.7. The van der Waals surface area contributed by atoms with Crippen LogP contribution in [0.3, 0.4) is 0 Å². The number of halogens is 2. The summed E-state index contributed by atoms with van der Waals surface area (Å²) in [7, 11) is 0. The number of likely N-dealkylation sites (tertiary alicyclic amines) is 1. The molecule has 2 rings (SSSR count). The summed E-state index contributed by atoms with van der Waals surface area (Å²) in [5.41, 5.74) is 6.75. The molecule has 3 nitrogen and oxygen atoms in total. The Kier molecular flexibility index (Phi) is 6.80. The molecule has 112 valence electrons. The average molecular weight is 317 g/mol. The van der Waals surface area contributed by atoms with E-state index < -0.39 is 0 Å². The van der Waals surface area contributed by atoms with Crippen molar-refractivity contribution < 1.29 is 4.79 Å². The number of nitrogens with zero attached hydrogens (tertiary/aromatic N) is 1. The van der Waals surface area contributed by atoms with Crippen LogP contribution in [0.25, 0.3) is 0 Å². The largest absolute Gasteiger partial charge is 0.338 e. The van der Waals surface area contributed by atoms with Gasteiger partial charge in [0.2, 0.25) is 5.91 Å². The Hall–Kier alpha value is -0.770. The minimum Gasteiger partial charge on any atom is -0.338 e. The molecule has 1 heterocycles. The van der Waals surface area contributed by atoms with Gasteiger partial charge in [0.15, 0.2) is 0 Å². The highest BCUT2D eigenvalue weighted by atomic mass is 35.5. The van der Waals surface area contributed by atoms with E-state index in [4.69, 9.17) is 17.3 Å². The van der Waals surface area contributed by atoms with Crippen molar-refractivity contribution in [1.29, 1.82) is 0 Å². The molecule has 0 saturated carbocycles. The van der Waals surface area contributed by atoms with Crippen LogP contribution in [0.1, 0.15) is 37.7 Å². The Bertz CT molecular complexity index is 453. The Morgan fingerprint density at radius 3 is 2.90 bits per heavy atom. The number of carbonyl (C=O) groups excluding carboxylic acids is 1. The molecule has 0 bridgehead atoms. The number of benzene rings is 1. The van der Waals surface area contributed by atoms with Crippen molar-refractivity contribution in [3.63, 3.8) is 0 Å². The van der Waals surface area contributed by atoms with Gasteiger partial charge in [0.25, 0.3) is 0 Å². The highest BCUT2D eigenvalue weighted by Crippen LogP contribution is 2.25. The van der Waals surface area contributed by atoms with E-state index in [1.165, 1.54) is 0 Å². The van der Waals surface area contributed by atoms with E-state index in [2.05, 4.69) is 0 Å². The van der Waals surface area contributed by atoms with Gasteiger partial charge in [-0.15, -0.1) is 12.4 Å². The first-order valence-electron chi connectivity index (χ1n) is 6.89. The second-order valence-electron chi connectivity index (χ2n) is 5.19. The van der Waals surface area contributed by atoms with Crippen molar-refractivity contribution in [3.05, 3.63) is 34.9 Å². The smallest absolute Gasteiger partial charge is 0.230 e. The molecule has 1 aliphatic heterocycles. The van der Waals surface area contributed by atoms with E-state index in [-0.39, 0.29) is 30.3 Å². The van der Waals surface area contributed by atoms with Crippen molar-refractivity contribution in [2.45, 2.75) is 38.1 Å². The van der Waals surface area contributed by atoms with Crippen molar-refractivity contribution >= 4 is 29.9 Å². The number of piperidine rings is 1. The zero-order chi connectivity index (χ0) is 13.8. The van der Waals surface area contributed by atoms with Crippen LogP contribution in [0.2, 0.25) is 5.02 Å². The molecule has 1 saturated heterocycles. The first-order chi connectivity index (χ1) is 9.13. The van der Waals surface area contributed by atoms with Crippen molar-refractivity contribution in [2.75, 3.05) is 13.1 Å². The van der Waals surface area contributed by atoms with E-state index in [1.807, 2.05) is 36.1 Å². The van der Waals surface area contributed by atoms with Gasteiger partial charge in [-0.25, -0.2) is 0 Å². The van der Waals surface area contributed by atoms with Crippen molar-refractivity contribution in [2.24, 2.45) is 5.73 Å². The summed E-state index contributed by atoms with van der Waals surface area (Å²) in [5.74, 6) is 0.00302. The van der Waals surface area contributed by atoms with Crippen LogP contribution in [-0.4, -0.2) is 29.9 Å². The molecule has 1 aromatic rings. The average Bonchev–Trinajstić information content (AvgIpc) is 2.45. The molecule has 1 aliphatic rings. The third-order valence-electron chi connectivity index (χ3n) is 3.90. The molecule has 2 unspecified atom stereocenters. The number of hydrogen-bond donors (Lipinski definition) is 1.